The van der Waals surface area contributed by atoms with Crippen LogP contribution in [0.1, 0.15) is 35.5 Å². The monoisotopic (exact) mass is 461 g/mol. The van der Waals surface area contributed by atoms with Gasteiger partial charge in [-0.25, -0.2) is 9.97 Å². The summed E-state index contributed by atoms with van der Waals surface area (Å²) in [7, 11) is 0. The quantitative estimate of drug-likeness (QED) is 0.541. The summed E-state index contributed by atoms with van der Waals surface area (Å²) in [5.41, 5.74) is 9.62. The van der Waals surface area contributed by atoms with Gasteiger partial charge in [0.05, 0.1) is 18.8 Å². The fraction of sp³-hybridized carbons (Fsp3) is 0.385. The van der Waals surface area contributed by atoms with E-state index in [0.717, 1.165) is 61.8 Å². The number of nitrogen functional groups attached to an aromatic ring is 1. The number of aromatic nitrogens is 2. The number of nitrogens with two attached hydrogens (primary N) is 1. The number of piperazine rings is 1. The number of ether oxygens (including phenoxy) is 2. The molecule has 2 fully saturated rings. The molecule has 0 spiro atoms. The molecule has 2 saturated heterocycles. The molecule has 178 valence electrons. The molecule has 3 aromatic rings. The number of hydrogen-bond donors (Lipinski definition) is 2. The van der Waals surface area contributed by atoms with Gasteiger partial charge in [-0.05, 0) is 29.3 Å². The van der Waals surface area contributed by atoms with Crippen LogP contribution >= 0.6 is 0 Å². The van der Waals surface area contributed by atoms with Gasteiger partial charge >= 0.3 is 0 Å². The molecule has 0 unspecified atom stereocenters. The van der Waals surface area contributed by atoms with Crippen LogP contribution in [0, 0.1) is 0 Å². The van der Waals surface area contributed by atoms with Crippen molar-refractivity contribution in [1.82, 2.24) is 14.9 Å². The molecule has 2 aromatic carbocycles. The predicted molar refractivity (Wildman–Crippen MR) is 130 cm³/mol. The van der Waals surface area contributed by atoms with Crippen molar-refractivity contribution in [2.75, 3.05) is 43.4 Å². The van der Waals surface area contributed by atoms with E-state index >= 15 is 0 Å². The first-order valence-electron chi connectivity index (χ1n) is 11.8. The minimum atomic E-state index is -0.483. The van der Waals surface area contributed by atoms with Crippen molar-refractivity contribution in [2.45, 2.75) is 31.5 Å². The topological polar surface area (TPSA) is 97.0 Å². The summed E-state index contributed by atoms with van der Waals surface area (Å²) in [5.74, 6) is 0.789. The number of rotatable bonds is 6. The summed E-state index contributed by atoms with van der Waals surface area (Å²) in [6, 6.07) is 17.5. The van der Waals surface area contributed by atoms with Crippen molar-refractivity contribution in [3.05, 3.63) is 83.7 Å². The molecule has 34 heavy (non-hydrogen) atoms. The summed E-state index contributed by atoms with van der Waals surface area (Å²) < 4.78 is 12.8. The second-order valence-corrected chi connectivity index (χ2v) is 8.86. The lowest BCUT2D eigenvalue weighted by Gasteiger charge is -2.40. The van der Waals surface area contributed by atoms with Gasteiger partial charge in [0.2, 0.25) is 5.95 Å². The van der Waals surface area contributed by atoms with Gasteiger partial charge in [-0.15, -0.1) is 0 Å². The number of aliphatic hydroxyl groups excluding tert-OH is 1. The number of aliphatic hydroxyl groups is 1. The van der Waals surface area contributed by atoms with Crippen molar-refractivity contribution in [2.24, 2.45) is 0 Å². The van der Waals surface area contributed by atoms with Crippen LogP contribution < -0.4 is 10.6 Å². The second-order valence-electron chi connectivity index (χ2n) is 8.86. The standard InChI is InChI=1S/C26H31N5O3/c27-22-4-1-3-21(15-22)25-33-23(16-24(34-25)20-7-5-19(18-32)6-8-20)17-30-11-13-31(14-12-30)26-28-9-2-10-29-26/h1-10,15,23-25,32H,11-14,16-18,27H2/t23-,24+,25+/m1/s1. The van der Waals surface area contributed by atoms with E-state index < -0.39 is 6.29 Å². The third kappa shape index (κ3) is 5.37. The molecule has 0 amide bonds. The molecule has 8 nitrogen and oxygen atoms in total. The van der Waals surface area contributed by atoms with E-state index in [1.165, 1.54) is 0 Å². The lowest BCUT2D eigenvalue weighted by atomic mass is 9.99. The number of anilines is 2. The Hall–Kier alpha value is -3.04. The van der Waals surface area contributed by atoms with E-state index in [9.17, 15) is 5.11 Å². The molecular weight excluding hydrogens is 430 g/mol. The first-order valence-corrected chi connectivity index (χ1v) is 11.8. The molecule has 0 aliphatic carbocycles. The zero-order valence-electron chi connectivity index (χ0n) is 19.2. The molecule has 0 bridgehead atoms. The maximum absolute atomic E-state index is 9.39. The molecular formula is C26H31N5O3. The highest BCUT2D eigenvalue weighted by atomic mass is 16.7. The van der Waals surface area contributed by atoms with Gasteiger partial charge in [0, 0.05) is 62.8 Å². The smallest absolute Gasteiger partial charge is 0.225 e. The molecule has 8 heteroatoms. The van der Waals surface area contributed by atoms with Gasteiger partial charge in [-0.2, -0.15) is 0 Å². The average molecular weight is 462 g/mol. The van der Waals surface area contributed by atoms with Crippen molar-refractivity contribution in [3.63, 3.8) is 0 Å². The highest BCUT2D eigenvalue weighted by molar-refractivity contribution is 5.41. The van der Waals surface area contributed by atoms with E-state index in [0.29, 0.717) is 5.69 Å². The molecule has 3 atom stereocenters. The van der Waals surface area contributed by atoms with Crippen LogP contribution in [0.3, 0.4) is 0 Å². The van der Waals surface area contributed by atoms with E-state index in [1.807, 2.05) is 54.6 Å². The largest absolute Gasteiger partial charge is 0.399 e. The molecule has 3 heterocycles. The van der Waals surface area contributed by atoms with Gasteiger partial charge in [0.1, 0.15) is 0 Å². The lowest BCUT2D eigenvalue weighted by Crippen LogP contribution is -2.50. The number of benzene rings is 2. The molecule has 3 N–H and O–H groups in total. The Kier molecular flexibility index (Phi) is 7.01. The molecule has 2 aliphatic rings. The zero-order chi connectivity index (χ0) is 23.3. The van der Waals surface area contributed by atoms with Gasteiger partial charge in [0.15, 0.2) is 6.29 Å². The average Bonchev–Trinajstić information content (AvgIpc) is 2.89. The van der Waals surface area contributed by atoms with Gasteiger partial charge in [0.25, 0.3) is 0 Å². The highest BCUT2D eigenvalue weighted by Crippen LogP contribution is 2.38. The summed E-state index contributed by atoms with van der Waals surface area (Å²) >= 11 is 0. The van der Waals surface area contributed by atoms with Gasteiger partial charge < -0.3 is 25.2 Å². The first-order chi connectivity index (χ1) is 16.7. The summed E-state index contributed by atoms with van der Waals surface area (Å²) in [6.07, 6.45) is 3.77. The third-order valence-corrected chi connectivity index (χ3v) is 6.47. The fourth-order valence-corrected chi connectivity index (χ4v) is 4.61. The SMILES string of the molecule is Nc1cccc([C@H]2O[C@@H](CN3CCN(c4ncccn4)CC3)C[C@@H](c3ccc(CO)cc3)O2)c1. The molecule has 1 aromatic heterocycles. The zero-order valence-corrected chi connectivity index (χ0v) is 19.2. The van der Waals surface area contributed by atoms with Crippen LogP contribution in [0.4, 0.5) is 11.6 Å². The van der Waals surface area contributed by atoms with Crippen molar-refractivity contribution in [3.8, 4) is 0 Å². The van der Waals surface area contributed by atoms with Crippen LogP contribution in [0.15, 0.2) is 67.0 Å². The van der Waals surface area contributed by atoms with Crippen molar-refractivity contribution >= 4 is 11.6 Å². The Morgan fingerprint density at radius 3 is 2.38 bits per heavy atom. The molecule has 5 rings (SSSR count). The van der Waals surface area contributed by atoms with Crippen molar-refractivity contribution in [1.29, 1.82) is 0 Å². The van der Waals surface area contributed by atoms with E-state index in [-0.39, 0.29) is 18.8 Å². The highest BCUT2D eigenvalue weighted by Gasteiger charge is 2.34. The maximum atomic E-state index is 9.39. The van der Waals surface area contributed by atoms with Crippen LogP contribution in [-0.4, -0.2) is 58.8 Å². The summed E-state index contributed by atoms with van der Waals surface area (Å²) in [5, 5.41) is 9.39. The van der Waals surface area contributed by atoms with Crippen molar-refractivity contribution < 1.29 is 14.6 Å². The Balaban J connectivity index is 1.28. The number of nitrogens with zero attached hydrogens (tertiary/aromatic N) is 4. The van der Waals surface area contributed by atoms with E-state index in [4.69, 9.17) is 15.2 Å². The molecule has 2 aliphatic heterocycles. The minimum Gasteiger partial charge on any atom is -0.399 e. The predicted octanol–water partition coefficient (Wildman–Crippen LogP) is 2.92. The van der Waals surface area contributed by atoms with Crippen LogP contribution in [0.5, 0.6) is 0 Å². The van der Waals surface area contributed by atoms with Crippen LogP contribution in [0.2, 0.25) is 0 Å². The Morgan fingerprint density at radius 2 is 1.68 bits per heavy atom. The number of hydrogen-bond acceptors (Lipinski definition) is 8. The maximum Gasteiger partial charge on any atom is 0.225 e. The third-order valence-electron chi connectivity index (χ3n) is 6.47. The molecule has 0 saturated carbocycles. The minimum absolute atomic E-state index is 0.0159. The molecule has 0 radical (unpaired) electrons. The fourth-order valence-electron chi connectivity index (χ4n) is 4.61. The van der Waals surface area contributed by atoms with Gasteiger partial charge in [-0.1, -0.05) is 36.4 Å². The normalized spacial score (nSPS) is 23.7. The first kappa shape index (κ1) is 22.7. The Morgan fingerprint density at radius 1 is 0.912 bits per heavy atom. The second kappa shape index (κ2) is 10.5. The summed E-state index contributed by atoms with van der Waals surface area (Å²) in [4.78, 5) is 13.4. The lowest BCUT2D eigenvalue weighted by molar-refractivity contribution is -0.253. The Labute approximate surface area is 200 Å². The van der Waals surface area contributed by atoms with E-state index in [1.54, 1.807) is 12.4 Å². The van der Waals surface area contributed by atoms with Gasteiger partial charge in [-0.3, -0.25) is 4.90 Å². The van der Waals surface area contributed by atoms with Crippen LogP contribution in [-0.2, 0) is 16.1 Å². The summed E-state index contributed by atoms with van der Waals surface area (Å²) in [6.45, 7) is 4.49. The van der Waals surface area contributed by atoms with E-state index in [2.05, 4.69) is 19.8 Å². The van der Waals surface area contributed by atoms with Crippen LogP contribution in [0.25, 0.3) is 0 Å². The Bertz CT molecular complexity index is 1060.